The van der Waals surface area contributed by atoms with Crippen LogP contribution in [0.3, 0.4) is 0 Å². The lowest BCUT2D eigenvalue weighted by molar-refractivity contribution is 1.09. The minimum absolute atomic E-state index is 0.589. The largest absolute Gasteiger partial charge is 0.365 e. The molecule has 5 heteroatoms. The summed E-state index contributed by atoms with van der Waals surface area (Å²) in [6.45, 7) is 2.49. The van der Waals surface area contributed by atoms with E-state index in [1.807, 2.05) is 13.0 Å². The first-order valence-electron chi connectivity index (χ1n) is 4.88. The van der Waals surface area contributed by atoms with Gasteiger partial charge in [0.2, 0.25) is 0 Å². The van der Waals surface area contributed by atoms with Crippen molar-refractivity contribution in [2.24, 2.45) is 0 Å². The van der Waals surface area contributed by atoms with E-state index in [9.17, 15) is 0 Å². The van der Waals surface area contributed by atoms with Gasteiger partial charge in [-0.3, -0.25) is 5.10 Å². The molecule has 2 heterocycles. The van der Waals surface area contributed by atoms with Crippen molar-refractivity contribution in [1.29, 1.82) is 5.26 Å². The molecule has 0 saturated heterocycles. The minimum Gasteiger partial charge on any atom is -0.365 e. The van der Waals surface area contributed by atoms with Crippen LogP contribution in [0.4, 0.5) is 5.82 Å². The molecule has 2 N–H and O–H groups in total. The summed E-state index contributed by atoms with van der Waals surface area (Å²) in [6, 6.07) is 3.97. The molecular weight excluding hydrogens is 202 g/mol. The van der Waals surface area contributed by atoms with Crippen LogP contribution in [0, 0.1) is 18.3 Å². The summed E-state index contributed by atoms with van der Waals surface area (Å²) in [4.78, 5) is 4.15. The smallest absolute Gasteiger partial charge is 0.144 e. The van der Waals surface area contributed by atoms with Crippen LogP contribution in [0.25, 0.3) is 0 Å². The van der Waals surface area contributed by atoms with Crippen LogP contribution in [0.15, 0.2) is 24.7 Å². The normalized spacial score (nSPS) is 9.75. The minimum atomic E-state index is 0.589. The van der Waals surface area contributed by atoms with E-state index in [0.29, 0.717) is 17.9 Å². The van der Waals surface area contributed by atoms with Gasteiger partial charge >= 0.3 is 0 Å². The zero-order chi connectivity index (χ0) is 11.4. The van der Waals surface area contributed by atoms with Gasteiger partial charge in [0.25, 0.3) is 0 Å². The fourth-order valence-corrected chi connectivity index (χ4v) is 1.39. The molecule has 0 aliphatic rings. The van der Waals surface area contributed by atoms with Gasteiger partial charge in [-0.1, -0.05) is 0 Å². The predicted molar refractivity (Wildman–Crippen MR) is 59.6 cm³/mol. The number of hydrogen-bond acceptors (Lipinski definition) is 4. The molecule has 0 atom stereocenters. The summed E-state index contributed by atoms with van der Waals surface area (Å²) >= 11 is 0. The molecule has 0 spiro atoms. The maximum absolute atomic E-state index is 9.01. The van der Waals surface area contributed by atoms with E-state index in [1.54, 1.807) is 18.6 Å². The molecule has 0 aliphatic carbocycles. The van der Waals surface area contributed by atoms with Crippen molar-refractivity contribution in [3.05, 3.63) is 41.3 Å². The summed E-state index contributed by atoms with van der Waals surface area (Å²) in [5.74, 6) is 0.615. The molecule has 2 aromatic heterocycles. The van der Waals surface area contributed by atoms with E-state index in [1.165, 1.54) is 0 Å². The number of aromatic nitrogens is 3. The SMILES string of the molecule is Cc1ccnc(NCc2cn[nH]c2)c1C#N. The molecule has 0 aromatic carbocycles. The fraction of sp³-hybridized carbons (Fsp3) is 0.182. The van der Waals surface area contributed by atoms with Crippen LogP contribution in [0.1, 0.15) is 16.7 Å². The molecule has 2 rings (SSSR count). The van der Waals surface area contributed by atoms with Gasteiger partial charge in [-0.2, -0.15) is 10.4 Å². The van der Waals surface area contributed by atoms with E-state index in [2.05, 4.69) is 26.6 Å². The molecular formula is C11H11N5. The number of nitriles is 1. The number of rotatable bonds is 3. The van der Waals surface area contributed by atoms with Gasteiger partial charge in [-0.15, -0.1) is 0 Å². The maximum Gasteiger partial charge on any atom is 0.144 e. The van der Waals surface area contributed by atoms with Crippen LogP contribution in [0.5, 0.6) is 0 Å². The highest BCUT2D eigenvalue weighted by molar-refractivity contribution is 5.55. The molecule has 0 radical (unpaired) electrons. The molecule has 0 saturated carbocycles. The van der Waals surface area contributed by atoms with Gasteiger partial charge in [0, 0.05) is 24.5 Å². The second-order valence-electron chi connectivity index (χ2n) is 3.42. The second kappa shape index (κ2) is 4.45. The van der Waals surface area contributed by atoms with Gasteiger partial charge in [0.15, 0.2) is 0 Å². The lowest BCUT2D eigenvalue weighted by Gasteiger charge is -2.06. The molecule has 5 nitrogen and oxygen atoms in total. The average molecular weight is 213 g/mol. The zero-order valence-corrected chi connectivity index (χ0v) is 8.86. The molecule has 0 unspecified atom stereocenters. The van der Waals surface area contributed by atoms with Crippen molar-refractivity contribution in [3.63, 3.8) is 0 Å². The second-order valence-corrected chi connectivity index (χ2v) is 3.42. The van der Waals surface area contributed by atoms with E-state index >= 15 is 0 Å². The van der Waals surface area contributed by atoms with Crippen LogP contribution in [-0.2, 0) is 6.54 Å². The average Bonchev–Trinajstić information content (AvgIpc) is 2.79. The van der Waals surface area contributed by atoms with E-state index in [0.717, 1.165) is 11.1 Å². The summed E-state index contributed by atoms with van der Waals surface area (Å²) in [7, 11) is 0. The first kappa shape index (κ1) is 10.2. The predicted octanol–water partition coefficient (Wildman–Crippen LogP) is 1.60. The highest BCUT2D eigenvalue weighted by atomic mass is 15.1. The molecule has 0 aliphatic heterocycles. The van der Waals surface area contributed by atoms with Crippen LogP contribution < -0.4 is 5.32 Å². The topological polar surface area (TPSA) is 77.4 Å². The highest BCUT2D eigenvalue weighted by Crippen LogP contribution is 2.15. The van der Waals surface area contributed by atoms with Crippen LogP contribution >= 0.6 is 0 Å². The summed E-state index contributed by atoms with van der Waals surface area (Å²) in [6.07, 6.45) is 5.22. The van der Waals surface area contributed by atoms with Crippen molar-refractivity contribution < 1.29 is 0 Å². The Morgan fingerprint density at radius 3 is 3.12 bits per heavy atom. The fourth-order valence-electron chi connectivity index (χ4n) is 1.39. The number of aryl methyl sites for hydroxylation is 1. The van der Waals surface area contributed by atoms with Crippen molar-refractivity contribution in [1.82, 2.24) is 15.2 Å². The standard InChI is InChI=1S/C11H11N5/c1-8-2-3-13-11(10(8)4-12)14-5-9-6-15-16-7-9/h2-3,6-7H,5H2,1H3,(H,13,14)(H,15,16). The van der Waals surface area contributed by atoms with Gasteiger partial charge < -0.3 is 5.32 Å². The number of nitrogens with zero attached hydrogens (tertiary/aromatic N) is 3. The molecule has 16 heavy (non-hydrogen) atoms. The Kier molecular flexibility index (Phi) is 2.83. The molecule has 0 bridgehead atoms. The van der Waals surface area contributed by atoms with Crippen molar-refractivity contribution >= 4 is 5.82 Å². The first-order chi connectivity index (χ1) is 7.81. The number of H-pyrrole nitrogens is 1. The zero-order valence-electron chi connectivity index (χ0n) is 8.86. The lowest BCUT2D eigenvalue weighted by Crippen LogP contribution is -2.03. The van der Waals surface area contributed by atoms with Gasteiger partial charge in [0.1, 0.15) is 11.9 Å². The third-order valence-corrected chi connectivity index (χ3v) is 2.29. The molecule has 0 amide bonds. The summed E-state index contributed by atoms with van der Waals surface area (Å²) < 4.78 is 0. The third-order valence-electron chi connectivity index (χ3n) is 2.29. The molecule has 80 valence electrons. The van der Waals surface area contributed by atoms with E-state index < -0.39 is 0 Å². The van der Waals surface area contributed by atoms with Gasteiger partial charge in [0.05, 0.1) is 11.8 Å². The van der Waals surface area contributed by atoms with Crippen molar-refractivity contribution in [2.45, 2.75) is 13.5 Å². The Hall–Kier alpha value is -2.35. The third kappa shape index (κ3) is 2.01. The molecule has 0 fully saturated rings. The quantitative estimate of drug-likeness (QED) is 0.811. The highest BCUT2D eigenvalue weighted by Gasteiger charge is 2.05. The van der Waals surface area contributed by atoms with Crippen molar-refractivity contribution in [3.8, 4) is 6.07 Å². The Bertz CT molecular complexity index is 510. The Morgan fingerprint density at radius 2 is 2.44 bits per heavy atom. The Morgan fingerprint density at radius 1 is 1.56 bits per heavy atom. The Balaban J connectivity index is 2.16. The maximum atomic E-state index is 9.01. The summed E-state index contributed by atoms with van der Waals surface area (Å²) in [5, 5.41) is 18.7. The van der Waals surface area contributed by atoms with Gasteiger partial charge in [-0.05, 0) is 18.6 Å². The number of nitrogens with one attached hydrogen (secondary N) is 2. The van der Waals surface area contributed by atoms with Gasteiger partial charge in [-0.25, -0.2) is 4.98 Å². The monoisotopic (exact) mass is 213 g/mol. The summed E-state index contributed by atoms with van der Waals surface area (Å²) in [5.41, 5.74) is 2.53. The number of aromatic amines is 1. The number of anilines is 1. The van der Waals surface area contributed by atoms with Crippen LogP contribution in [0.2, 0.25) is 0 Å². The van der Waals surface area contributed by atoms with Crippen molar-refractivity contribution in [2.75, 3.05) is 5.32 Å². The van der Waals surface area contributed by atoms with E-state index in [4.69, 9.17) is 5.26 Å². The number of pyridine rings is 1. The molecule has 2 aromatic rings. The number of hydrogen-bond donors (Lipinski definition) is 2. The lowest BCUT2D eigenvalue weighted by atomic mass is 10.1. The first-order valence-corrected chi connectivity index (χ1v) is 4.88. The van der Waals surface area contributed by atoms with E-state index in [-0.39, 0.29) is 0 Å². The Labute approximate surface area is 93.1 Å². The van der Waals surface area contributed by atoms with Crippen LogP contribution in [-0.4, -0.2) is 15.2 Å².